The average molecular weight is 551 g/mol. The molecule has 2 aliphatic carbocycles. The molecule has 2 saturated carbocycles. The van der Waals surface area contributed by atoms with E-state index in [-0.39, 0.29) is 30.0 Å². The van der Waals surface area contributed by atoms with Gasteiger partial charge < -0.3 is 0 Å². The highest BCUT2D eigenvalue weighted by Gasteiger charge is 2.40. The summed E-state index contributed by atoms with van der Waals surface area (Å²) in [5, 5.41) is 0.684. The minimum atomic E-state index is -0.200. The highest BCUT2D eigenvalue weighted by molar-refractivity contribution is 7.80. The lowest BCUT2D eigenvalue weighted by Crippen LogP contribution is -2.56. The topological polar surface area (TPSA) is 98.3 Å². The van der Waals surface area contributed by atoms with E-state index in [1.165, 1.54) is 19.6 Å². The summed E-state index contributed by atoms with van der Waals surface area (Å²) in [7, 11) is 0. The zero-order valence-electron chi connectivity index (χ0n) is 22.3. The maximum atomic E-state index is 12.4. The van der Waals surface area contributed by atoms with Gasteiger partial charge in [-0.25, -0.2) is 0 Å². The summed E-state index contributed by atoms with van der Waals surface area (Å²) in [4.78, 5) is 63.5. The Balaban J connectivity index is 0.000000220. The molecule has 11 heteroatoms. The summed E-state index contributed by atoms with van der Waals surface area (Å²) >= 11 is 10.2. The highest BCUT2D eigenvalue weighted by Crippen LogP contribution is 2.31. The van der Waals surface area contributed by atoms with Crippen molar-refractivity contribution in [3.63, 3.8) is 0 Å². The average Bonchev–Trinajstić information content (AvgIpc) is 3.55. The van der Waals surface area contributed by atoms with Crippen LogP contribution in [0.2, 0.25) is 0 Å². The van der Waals surface area contributed by atoms with Crippen LogP contribution in [0.1, 0.15) is 85.5 Å². The molecule has 4 amide bonds. The lowest BCUT2D eigenvalue weighted by atomic mass is 10.0. The third-order valence-electron chi connectivity index (χ3n) is 6.73. The molecule has 2 aliphatic heterocycles. The monoisotopic (exact) mass is 550 g/mol. The number of hydrogen-bond donors (Lipinski definition) is 0. The normalized spacial score (nSPS) is 20.5. The van der Waals surface area contributed by atoms with Crippen LogP contribution in [-0.2, 0) is 24.0 Å². The number of Topliss-reactive ketones (excluding diaryl/α,β-unsaturated/α-hetero) is 1. The van der Waals surface area contributed by atoms with Gasteiger partial charge in [0.15, 0.2) is 10.2 Å². The van der Waals surface area contributed by atoms with Gasteiger partial charge in [-0.2, -0.15) is 0 Å². The third kappa shape index (κ3) is 7.28. The minimum Gasteiger partial charge on any atom is -0.300 e. The van der Waals surface area contributed by atoms with Crippen molar-refractivity contribution in [2.75, 3.05) is 26.2 Å². The largest absolute Gasteiger partial charge is 0.300 e. The van der Waals surface area contributed by atoms with E-state index in [0.717, 1.165) is 56.9 Å². The fraction of sp³-hybridized carbons (Fsp3) is 0.654. The Labute approximate surface area is 230 Å². The van der Waals surface area contributed by atoms with Gasteiger partial charge in [-0.3, -0.25) is 43.6 Å². The fourth-order valence-electron chi connectivity index (χ4n) is 4.66. The summed E-state index contributed by atoms with van der Waals surface area (Å²) in [5.74, 6) is -0.331. The van der Waals surface area contributed by atoms with Crippen LogP contribution in [0.3, 0.4) is 0 Å². The van der Waals surface area contributed by atoms with E-state index >= 15 is 0 Å². The molecule has 0 spiro atoms. The first kappa shape index (κ1) is 30.7. The molecule has 0 aromatic heterocycles. The smallest absolute Gasteiger partial charge is 0.265 e. The second-order valence-corrected chi connectivity index (χ2v) is 9.78. The van der Waals surface area contributed by atoms with Crippen molar-refractivity contribution >= 4 is 64.1 Å². The Bertz CT molecular complexity index is 925. The molecule has 0 bridgehead atoms. The maximum Gasteiger partial charge on any atom is 0.265 e. The van der Waals surface area contributed by atoms with Crippen molar-refractivity contribution in [3.05, 3.63) is 11.1 Å². The van der Waals surface area contributed by atoms with Crippen LogP contribution in [-0.4, -0.2) is 85.4 Å². The van der Waals surface area contributed by atoms with E-state index < -0.39 is 0 Å². The predicted octanol–water partition coefficient (Wildman–Crippen LogP) is 3.35. The SMILES string of the molecule is CCN1C(=O)C(=C2CCCC2)C(=O)N(CC)C1=S.CCN1C(=O)CC(=O)N(CC)C1=S.O=C1CCCC1. The first-order chi connectivity index (χ1) is 17.6. The molecule has 0 aromatic rings. The van der Waals surface area contributed by atoms with Gasteiger partial charge in [0.25, 0.3) is 11.8 Å². The van der Waals surface area contributed by atoms with Gasteiger partial charge in [-0.1, -0.05) is 5.57 Å². The zero-order valence-corrected chi connectivity index (χ0v) is 24.0. The van der Waals surface area contributed by atoms with E-state index in [2.05, 4.69) is 0 Å². The number of carbonyl (C=O) groups is 5. The number of hydrogen-bond acceptors (Lipinski definition) is 7. The van der Waals surface area contributed by atoms with Crippen molar-refractivity contribution in [3.8, 4) is 0 Å². The molecular formula is C26H38N4O5S2. The molecular weight excluding hydrogens is 512 g/mol. The quantitative estimate of drug-likeness (QED) is 0.229. The number of amides is 4. The second-order valence-electron chi connectivity index (χ2n) is 9.05. The number of ketones is 1. The van der Waals surface area contributed by atoms with Crippen molar-refractivity contribution in [2.24, 2.45) is 0 Å². The van der Waals surface area contributed by atoms with Crippen LogP contribution in [0, 0.1) is 0 Å². The molecule has 0 radical (unpaired) electrons. The molecule has 2 saturated heterocycles. The third-order valence-corrected chi connectivity index (χ3v) is 7.61. The molecule has 2 heterocycles. The minimum absolute atomic E-state index is 0.0538. The van der Waals surface area contributed by atoms with E-state index in [4.69, 9.17) is 24.4 Å². The molecule has 37 heavy (non-hydrogen) atoms. The number of allylic oxidation sites excluding steroid dienone is 1. The van der Waals surface area contributed by atoms with Crippen molar-refractivity contribution in [2.45, 2.75) is 85.5 Å². The summed E-state index contributed by atoms with van der Waals surface area (Å²) in [6.45, 7) is 9.52. The number of rotatable bonds is 4. The molecule has 0 atom stereocenters. The van der Waals surface area contributed by atoms with Gasteiger partial charge in [0.2, 0.25) is 11.8 Å². The van der Waals surface area contributed by atoms with Crippen LogP contribution < -0.4 is 0 Å². The van der Waals surface area contributed by atoms with Crippen LogP contribution in [0.5, 0.6) is 0 Å². The Morgan fingerprint density at radius 3 is 1.24 bits per heavy atom. The number of likely N-dealkylation sites (N-methyl/N-ethyl adjacent to an activating group) is 2. The Kier molecular flexibility index (Phi) is 12.0. The van der Waals surface area contributed by atoms with Gasteiger partial charge in [0.1, 0.15) is 17.8 Å². The number of carbonyl (C=O) groups excluding carboxylic acids is 5. The van der Waals surface area contributed by atoms with E-state index in [0.29, 0.717) is 47.8 Å². The molecule has 4 rings (SSSR count). The predicted molar refractivity (Wildman–Crippen MR) is 148 cm³/mol. The molecule has 4 fully saturated rings. The Morgan fingerprint density at radius 1 is 0.568 bits per heavy atom. The Hall–Kier alpha value is -2.53. The van der Waals surface area contributed by atoms with Crippen molar-refractivity contribution in [1.82, 2.24) is 19.6 Å². The van der Waals surface area contributed by atoms with Crippen molar-refractivity contribution in [1.29, 1.82) is 0 Å². The summed E-state index contributed by atoms with van der Waals surface area (Å²) in [6.07, 6.45) is 7.80. The van der Waals surface area contributed by atoms with Gasteiger partial charge >= 0.3 is 0 Å². The highest BCUT2D eigenvalue weighted by atomic mass is 32.1. The molecule has 0 unspecified atom stereocenters. The lowest BCUT2D eigenvalue weighted by molar-refractivity contribution is -0.140. The molecule has 4 aliphatic rings. The summed E-state index contributed by atoms with van der Waals surface area (Å²) in [5.41, 5.74) is 1.40. The van der Waals surface area contributed by atoms with Gasteiger partial charge in [0, 0.05) is 39.0 Å². The second kappa shape index (κ2) is 14.4. The fourth-order valence-corrected chi connectivity index (χ4v) is 5.55. The van der Waals surface area contributed by atoms with Gasteiger partial charge in [-0.05, 0) is 90.7 Å². The standard InChI is InChI=1S/C13H18N2O2S.C8H12N2O2S.C5H8O/c1-3-14-11(16)10(9-7-5-6-8-9)12(17)15(4-2)13(14)18;1-3-9-6(11)5-7(12)10(4-2)8(9)13;6-5-3-1-2-4-5/h3-8H2,1-2H3;3-5H2,1-2H3;1-4H2. The van der Waals surface area contributed by atoms with Gasteiger partial charge in [0.05, 0.1) is 0 Å². The first-order valence-corrected chi connectivity index (χ1v) is 14.0. The lowest BCUT2D eigenvalue weighted by Gasteiger charge is -2.36. The van der Waals surface area contributed by atoms with Crippen molar-refractivity contribution < 1.29 is 24.0 Å². The number of thiocarbonyl (C=S) groups is 2. The first-order valence-electron chi connectivity index (χ1n) is 13.2. The van der Waals surface area contributed by atoms with Gasteiger partial charge in [-0.15, -0.1) is 0 Å². The van der Waals surface area contributed by atoms with Crippen LogP contribution >= 0.6 is 24.4 Å². The summed E-state index contributed by atoms with van der Waals surface area (Å²) in [6, 6.07) is 0. The van der Waals surface area contributed by atoms with E-state index in [1.54, 1.807) is 0 Å². The molecule has 0 N–H and O–H groups in total. The van der Waals surface area contributed by atoms with Crippen LogP contribution in [0.25, 0.3) is 0 Å². The zero-order chi connectivity index (χ0) is 27.7. The Morgan fingerprint density at radius 2 is 0.919 bits per heavy atom. The summed E-state index contributed by atoms with van der Waals surface area (Å²) < 4.78 is 0. The van der Waals surface area contributed by atoms with E-state index in [9.17, 15) is 24.0 Å². The molecule has 204 valence electrons. The molecule has 9 nitrogen and oxygen atoms in total. The van der Waals surface area contributed by atoms with E-state index in [1.807, 2.05) is 27.7 Å². The van der Waals surface area contributed by atoms with Crippen LogP contribution in [0.4, 0.5) is 0 Å². The van der Waals surface area contributed by atoms with Crippen LogP contribution in [0.15, 0.2) is 11.1 Å². The molecule has 0 aromatic carbocycles. The maximum absolute atomic E-state index is 12.4. The number of nitrogens with zero attached hydrogens (tertiary/aromatic N) is 4.